The van der Waals surface area contributed by atoms with Crippen molar-refractivity contribution >= 4 is 15.9 Å². The molecule has 3 heteroatoms. The molecule has 0 aliphatic carbocycles. The maximum Gasteiger partial charge on any atom is 0.0631 e. The molecule has 2 aromatic rings. The Labute approximate surface area is 124 Å². The number of benzene rings is 1. The molecule has 2 unspecified atom stereocenters. The monoisotopic (exact) mass is 320 g/mol. The van der Waals surface area contributed by atoms with Gasteiger partial charge < -0.3 is 0 Å². The zero-order chi connectivity index (χ0) is 13.7. The van der Waals surface area contributed by atoms with Crippen LogP contribution in [0, 0.1) is 0 Å². The lowest BCUT2D eigenvalue weighted by Gasteiger charge is -2.13. The van der Waals surface area contributed by atoms with Crippen LogP contribution in [-0.2, 0) is 6.42 Å². The summed E-state index contributed by atoms with van der Waals surface area (Å²) in [6, 6.07) is 13.3. The lowest BCUT2D eigenvalue weighted by atomic mass is 9.96. The number of nitrogens with zero attached hydrogens (tertiary/aromatic N) is 2. The smallest absolute Gasteiger partial charge is 0.0631 e. The number of hydrogen-bond acceptors (Lipinski definition) is 1. The first-order valence-corrected chi connectivity index (χ1v) is 8.01. The molecular weight excluding hydrogens is 300 g/mol. The zero-order valence-corrected chi connectivity index (χ0v) is 13.2. The summed E-state index contributed by atoms with van der Waals surface area (Å²) in [5.41, 5.74) is 2.55. The molecule has 2 nitrogen and oxygen atoms in total. The van der Waals surface area contributed by atoms with Crippen molar-refractivity contribution in [1.82, 2.24) is 9.78 Å². The molecule has 0 aliphatic rings. The summed E-state index contributed by atoms with van der Waals surface area (Å²) in [6.45, 7) is 4.40. The standard InChI is InChI=1S/C16H21BrN2/c1-3-13(2)19-10-9-16(18-19)11-15(12-17)14-7-5-4-6-8-14/h4-10,13,15H,3,11-12H2,1-2H3. The van der Waals surface area contributed by atoms with Gasteiger partial charge in [-0.15, -0.1) is 0 Å². The Bertz CT molecular complexity index is 492. The van der Waals surface area contributed by atoms with Gasteiger partial charge in [-0.25, -0.2) is 0 Å². The first-order chi connectivity index (χ1) is 9.24. The van der Waals surface area contributed by atoms with Crippen LogP contribution in [0.3, 0.4) is 0 Å². The number of hydrogen-bond donors (Lipinski definition) is 0. The van der Waals surface area contributed by atoms with Crippen LogP contribution < -0.4 is 0 Å². The third kappa shape index (κ3) is 3.69. The SMILES string of the molecule is CCC(C)n1ccc(CC(CBr)c2ccccc2)n1. The second-order valence-electron chi connectivity index (χ2n) is 5.01. The molecular formula is C16H21BrN2. The highest BCUT2D eigenvalue weighted by molar-refractivity contribution is 9.09. The van der Waals surface area contributed by atoms with E-state index in [4.69, 9.17) is 5.10 Å². The van der Waals surface area contributed by atoms with Gasteiger partial charge in [0, 0.05) is 17.6 Å². The molecule has 1 heterocycles. The van der Waals surface area contributed by atoms with Gasteiger partial charge in [-0.2, -0.15) is 5.10 Å². The Morgan fingerprint density at radius 2 is 1.95 bits per heavy atom. The largest absolute Gasteiger partial charge is 0.270 e. The highest BCUT2D eigenvalue weighted by atomic mass is 79.9. The average molecular weight is 321 g/mol. The molecule has 0 amide bonds. The van der Waals surface area contributed by atoms with Crippen molar-refractivity contribution in [3.63, 3.8) is 0 Å². The Morgan fingerprint density at radius 3 is 2.58 bits per heavy atom. The number of halogens is 1. The normalized spacial score (nSPS) is 14.3. The fraction of sp³-hybridized carbons (Fsp3) is 0.438. The van der Waals surface area contributed by atoms with Crippen molar-refractivity contribution in [2.75, 3.05) is 5.33 Å². The third-order valence-corrected chi connectivity index (χ3v) is 4.40. The van der Waals surface area contributed by atoms with Crippen molar-refractivity contribution in [2.45, 2.75) is 38.6 Å². The van der Waals surface area contributed by atoms with Gasteiger partial charge in [-0.3, -0.25) is 4.68 Å². The molecule has 2 atom stereocenters. The van der Waals surface area contributed by atoms with E-state index in [2.05, 4.69) is 77.1 Å². The summed E-state index contributed by atoms with van der Waals surface area (Å²) in [4.78, 5) is 0. The Balaban J connectivity index is 2.09. The second kappa shape index (κ2) is 6.90. The molecule has 0 radical (unpaired) electrons. The highest BCUT2D eigenvalue weighted by Crippen LogP contribution is 2.22. The van der Waals surface area contributed by atoms with Gasteiger partial charge in [0.25, 0.3) is 0 Å². The van der Waals surface area contributed by atoms with Crippen molar-refractivity contribution in [3.8, 4) is 0 Å². The summed E-state index contributed by atoms with van der Waals surface area (Å²) in [5.74, 6) is 0.487. The van der Waals surface area contributed by atoms with Crippen LogP contribution in [0.5, 0.6) is 0 Å². The van der Waals surface area contributed by atoms with Gasteiger partial charge in [0.1, 0.15) is 0 Å². The van der Waals surface area contributed by atoms with E-state index in [1.165, 1.54) is 11.3 Å². The second-order valence-corrected chi connectivity index (χ2v) is 5.66. The molecule has 0 N–H and O–H groups in total. The maximum atomic E-state index is 4.69. The maximum absolute atomic E-state index is 4.69. The quantitative estimate of drug-likeness (QED) is 0.712. The van der Waals surface area contributed by atoms with Crippen molar-refractivity contribution in [1.29, 1.82) is 0 Å². The third-order valence-electron chi connectivity index (χ3n) is 3.62. The van der Waals surface area contributed by atoms with E-state index in [1.54, 1.807) is 0 Å². The molecule has 0 spiro atoms. The number of rotatable bonds is 6. The van der Waals surface area contributed by atoms with Crippen LogP contribution in [0.15, 0.2) is 42.6 Å². The molecule has 1 aromatic carbocycles. The topological polar surface area (TPSA) is 17.8 Å². The minimum Gasteiger partial charge on any atom is -0.270 e. The van der Waals surface area contributed by atoms with Crippen molar-refractivity contribution < 1.29 is 0 Å². The fourth-order valence-electron chi connectivity index (χ4n) is 2.16. The Hall–Kier alpha value is -1.09. The van der Waals surface area contributed by atoms with Crippen LogP contribution in [0.2, 0.25) is 0 Å². The summed E-state index contributed by atoms with van der Waals surface area (Å²) in [7, 11) is 0. The highest BCUT2D eigenvalue weighted by Gasteiger charge is 2.13. The first-order valence-electron chi connectivity index (χ1n) is 6.89. The number of alkyl halides is 1. The summed E-state index contributed by atoms with van der Waals surface area (Å²) in [6.07, 6.45) is 4.19. The molecule has 0 fully saturated rings. The predicted octanol–water partition coefficient (Wildman–Crippen LogP) is 4.58. The number of aromatic nitrogens is 2. The Morgan fingerprint density at radius 1 is 1.21 bits per heavy atom. The van der Waals surface area contributed by atoms with Crippen LogP contribution in [0.25, 0.3) is 0 Å². The van der Waals surface area contributed by atoms with E-state index in [-0.39, 0.29) is 0 Å². The lowest BCUT2D eigenvalue weighted by Crippen LogP contribution is -2.08. The van der Waals surface area contributed by atoms with Gasteiger partial charge in [-0.1, -0.05) is 53.2 Å². The molecule has 0 aliphatic heterocycles. The lowest BCUT2D eigenvalue weighted by molar-refractivity contribution is 0.472. The minimum absolute atomic E-state index is 0.480. The summed E-state index contributed by atoms with van der Waals surface area (Å²) >= 11 is 3.62. The van der Waals surface area contributed by atoms with E-state index in [0.717, 1.165) is 18.2 Å². The van der Waals surface area contributed by atoms with E-state index in [1.807, 2.05) is 0 Å². The van der Waals surface area contributed by atoms with E-state index in [9.17, 15) is 0 Å². The molecule has 0 saturated carbocycles. The van der Waals surface area contributed by atoms with Gasteiger partial charge in [0.05, 0.1) is 5.69 Å². The molecule has 0 saturated heterocycles. The van der Waals surface area contributed by atoms with E-state index >= 15 is 0 Å². The van der Waals surface area contributed by atoms with Gasteiger partial charge in [0.2, 0.25) is 0 Å². The van der Waals surface area contributed by atoms with Crippen molar-refractivity contribution in [2.24, 2.45) is 0 Å². The molecule has 102 valence electrons. The summed E-state index contributed by atoms with van der Waals surface area (Å²) < 4.78 is 2.08. The van der Waals surface area contributed by atoms with Crippen LogP contribution in [0.1, 0.15) is 43.5 Å². The summed E-state index contributed by atoms with van der Waals surface area (Å²) in [5, 5.41) is 5.66. The van der Waals surface area contributed by atoms with Crippen LogP contribution in [0.4, 0.5) is 0 Å². The zero-order valence-electron chi connectivity index (χ0n) is 11.6. The van der Waals surface area contributed by atoms with Crippen LogP contribution >= 0.6 is 15.9 Å². The predicted molar refractivity (Wildman–Crippen MR) is 83.9 cm³/mol. The van der Waals surface area contributed by atoms with Gasteiger partial charge >= 0.3 is 0 Å². The van der Waals surface area contributed by atoms with Gasteiger partial charge in [-0.05, 0) is 37.3 Å². The minimum atomic E-state index is 0.480. The van der Waals surface area contributed by atoms with E-state index < -0.39 is 0 Å². The average Bonchev–Trinajstić information content (AvgIpc) is 2.93. The molecule has 19 heavy (non-hydrogen) atoms. The first kappa shape index (κ1) is 14.3. The molecule has 0 bridgehead atoms. The Kier molecular flexibility index (Phi) is 5.20. The fourth-order valence-corrected chi connectivity index (χ4v) is 2.76. The van der Waals surface area contributed by atoms with Crippen LogP contribution in [-0.4, -0.2) is 15.1 Å². The van der Waals surface area contributed by atoms with E-state index in [0.29, 0.717) is 12.0 Å². The van der Waals surface area contributed by atoms with Gasteiger partial charge in [0.15, 0.2) is 0 Å². The molecule has 2 rings (SSSR count). The molecule has 1 aromatic heterocycles. The van der Waals surface area contributed by atoms with Crippen molar-refractivity contribution in [3.05, 3.63) is 53.9 Å².